The number of amides is 1. The zero-order chi connectivity index (χ0) is 22.8. The highest BCUT2D eigenvalue weighted by atomic mass is 19.4. The van der Waals surface area contributed by atoms with E-state index in [9.17, 15) is 26.7 Å². The van der Waals surface area contributed by atoms with E-state index < -0.39 is 36.0 Å². The molecule has 0 bridgehead atoms. The molecule has 1 aromatic heterocycles. The quantitative estimate of drug-likeness (QED) is 0.656. The predicted octanol–water partition coefficient (Wildman–Crippen LogP) is 3.36. The van der Waals surface area contributed by atoms with Gasteiger partial charge in [0.25, 0.3) is 5.91 Å². The molecule has 0 aromatic carbocycles. The number of aryl methyl sites for hydroxylation is 1. The Labute approximate surface area is 173 Å². The number of aromatic nitrogens is 2. The molecule has 0 spiro atoms. The van der Waals surface area contributed by atoms with Gasteiger partial charge in [-0.15, -0.1) is 0 Å². The molecule has 0 unspecified atom stereocenters. The molecule has 31 heavy (non-hydrogen) atoms. The zero-order valence-corrected chi connectivity index (χ0v) is 16.6. The number of hydrogen-bond donors (Lipinski definition) is 2. The molecule has 2 N–H and O–H groups in total. The van der Waals surface area contributed by atoms with E-state index in [0.29, 0.717) is 11.3 Å². The molecule has 3 rings (SSSR count). The van der Waals surface area contributed by atoms with E-state index in [0.717, 1.165) is 0 Å². The van der Waals surface area contributed by atoms with Gasteiger partial charge >= 0.3 is 6.18 Å². The molecule has 0 fully saturated rings. The smallest absolute Gasteiger partial charge is 0.422 e. The number of halogens is 5. The van der Waals surface area contributed by atoms with Gasteiger partial charge in [-0.05, 0) is 18.6 Å². The third-order valence-electron chi connectivity index (χ3n) is 4.47. The van der Waals surface area contributed by atoms with Crippen molar-refractivity contribution >= 4 is 11.5 Å². The van der Waals surface area contributed by atoms with E-state index in [4.69, 9.17) is 4.74 Å². The van der Waals surface area contributed by atoms with Gasteiger partial charge in [0.1, 0.15) is 23.1 Å². The van der Waals surface area contributed by atoms with Crippen LogP contribution < -0.4 is 10.6 Å². The third-order valence-corrected chi connectivity index (χ3v) is 4.47. The van der Waals surface area contributed by atoms with Crippen LogP contribution in [0.15, 0.2) is 47.2 Å². The molecule has 12 heteroatoms. The first-order valence-electron chi connectivity index (χ1n) is 9.11. The van der Waals surface area contributed by atoms with E-state index >= 15 is 0 Å². The normalized spacial score (nSPS) is 17.1. The second kappa shape index (κ2) is 8.82. The van der Waals surface area contributed by atoms with Gasteiger partial charge in [0.15, 0.2) is 18.2 Å². The molecule has 7 nitrogen and oxygen atoms in total. The standard InChI is InChI=1S/C19H19F5N4O3/c1-28-14(10-8-25-16(7-15(10)30-2)31-9-19(22,23)24)6-13(27-28)18(29)26-17-11(20)4-3-5-12(17)21/h4,6-7,25H,3,5,8-9H2,1-2H3,(H,26,29). The lowest BCUT2D eigenvalue weighted by Gasteiger charge is -2.22. The van der Waals surface area contributed by atoms with E-state index in [1.165, 1.54) is 37.1 Å². The number of hydrogen-bond acceptors (Lipinski definition) is 5. The summed E-state index contributed by atoms with van der Waals surface area (Å²) in [6.45, 7) is -1.43. The maximum Gasteiger partial charge on any atom is 0.422 e. The number of ether oxygens (including phenoxy) is 2. The SMILES string of the molecule is COC1=C(c2cc(C(=O)NC3=C(F)CCC=C3F)nn2C)CNC(OCC(F)(F)F)=C1. The molecule has 1 aromatic rings. The minimum absolute atomic E-state index is 0.0165. The summed E-state index contributed by atoms with van der Waals surface area (Å²) in [6.07, 6.45) is -1.88. The average Bonchev–Trinajstić information content (AvgIpc) is 3.10. The fraction of sp³-hybridized carbons (Fsp3) is 0.368. The van der Waals surface area contributed by atoms with Crippen LogP contribution >= 0.6 is 0 Å². The van der Waals surface area contributed by atoms with Crippen molar-refractivity contribution in [2.45, 2.75) is 19.0 Å². The van der Waals surface area contributed by atoms with Crippen molar-refractivity contribution in [3.63, 3.8) is 0 Å². The highest BCUT2D eigenvalue weighted by molar-refractivity contribution is 5.94. The fourth-order valence-electron chi connectivity index (χ4n) is 3.02. The Balaban J connectivity index is 1.82. The maximum atomic E-state index is 13.9. The van der Waals surface area contributed by atoms with Crippen LogP contribution in [0.1, 0.15) is 29.0 Å². The second-order valence-electron chi connectivity index (χ2n) is 6.68. The molecule has 0 radical (unpaired) electrons. The first-order valence-corrected chi connectivity index (χ1v) is 9.11. The molecular formula is C19H19F5N4O3. The summed E-state index contributed by atoms with van der Waals surface area (Å²) in [7, 11) is 2.86. The number of methoxy groups -OCH3 is 1. The fourth-order valence-corrected chi connectivity index (χ4v) is 3.02. The Morgan fingerprint density at radius 1 is 1.35 bits per heavy atom. The minimum Gasteiger partial charge on any atom is -0.496 e. The van der Waals surface area contributed by atoms with Gasteiger partial charge in [-0.3, -0.25) is 9.48 Å². The van der Waals surface area contributed by atoms with Crippen LogP contribution in [0, 0.1) is 0 Å². The molecule has 1 amide bonds. The lowest BCUT2D eigenvalue weighted by Crippen LogP contribution is -2.27. The Morgan fingerprint density at radius 3 is 2.74 bits per heavy atom. The molecule has 2 heterocycles. The average molecular weight is 446 g/mol. The Morgan fingerprint density at radius 2 is 2.10 bits per heavy atom. The van der Waals surface area contributed by atoms with Crippen molar-refractivity contribution in [1.29, 1.82) is 0 Å². The van der Waals surface area contributed by atoms with Crippen molar-refractivity contribution in [2.75, 3.05) is 20.3 Å². The summed E-state index contributed by atoms with van der Waals surface area (Å²) in [6, 6.07) is 1.38. The van der Waals surface area contributed by atoms with E-state index in [2.05, 4.69) is 20.5 Å². The zero-order valence-electron chi connectivity index (χ0n) is 16.6. The Bertz CT molecular complexity index is 1000. The van der Waals surface area contributed by atoms with Crippen molar-refractivity contribution in [3.05, 3.63) is 58.6 Å². The minimum atomic E-state index is -4.49. The molecule has 2 aliphatic rings. The molecular weight excluding hydrogens is 427 g/mol. The van der Waals surface area contributed by atoms with Crippen LogP contribution in [-0.2, 0) is 16.5 Å². The highest BCUT2D eigenvalue weighted by Crippen LogP contribution is 2.27. The number of carbonyl (C=O) groups excluding carboxylic acids is 1. The molecule has 0 saturated heterocycles. The topological polar surface area (TPSA) is 77.4 Å². The third kappa shape index (κ3) is 5.25. The number of allylic oxidation sites excluding steroid dienone is 4. The van der Waals surface area contributed by atoms with Crippen LogP contribution in [-0.4, -0.2) is 42.1 Å². The molecule has 1 aliphatic carbocycles. The monoisotopic (exact) mass is 446 g/mol. The molecule has 1 aliphatic heterocycles. The van der Waals surface area contributed by atoms with Crippen LogP contribution in [0.5, 0.6) is 0 Å². The van der Waals surface area contributed by atoms with E-state index in [-0.39, 0.29) is 36.7 Å². The van der Waals surface area contributed by atoms with Gasteiger partial charge in [0, 0.05) is 31.7 Å². The van der Waals surface area contributed by atoms with Crippen LogP contribution in [0.2, 0.25) is 0 Å². The first kappa shape index (κ1) is 22.4. The van der Waals surface area contributed by atoms with Gasteiger partial charge < -0.3 is 20.1 Å². The highest BCUT2D eigenvalue weighted by Gasteiger charge is 2.30. The molecule has 0 atom stereocenters. The Kier molecular flexibility index (Phi) is 6.37. The molecule has 168 valence electrons. The largest absolute Gasteiger partial charge is 0.496 e. The predicted molar refractivity (Wildman–Crippen MR) is 99.3 cm³/mol. The summed E-state index contributed by atoms with van der Waals surface area (Å²) in [4.78, 5) is 12.5. The number of nitrogens with zero attached hydrogens (tertiary/aromatic N) is 2. The van der Waals surface area contributed by atoms with Crippen LogP contribution in [0.25, 0.3) is 5.57 Å². The van der Waals surface area contributed by atoms with Gasteiger partial charge in [-0.2, -0.15) is 18.3 Å². The summed E-state index contributed by atoms with van der Waals surface area (Å²) >= 11 is 0. The summed E-state index contributed by atoms with van der Waals surface area (Å²) < 4.78 is 76.0. The number of dihydropyridines is 1. The first-order chi connectivity index (χ1) is 14.6. The van der Waals surface area contributed by atoms with Crippen LogP contribution in [0.4, 0.5) is 22.0 Å². The second-order valence-corrected chi connectivity index (χ2v) is 6.68. The van der Waals surface area contributed by atoms with Gasteiger partial charge in [-0.25, -0.2) is 8.78 Å². The summed E-state index contributed by atoms with van der Waals surface area (Å²) in [5.41, 5.74) is 0.274. The van der Waals surface area contributed by atoms with Gasteiger partial charge in [-0.1, -0.05) is 0 Å². The molecule has 0 saturated carbocycles. The van der Waals surface area contributed by atoms with Crippen molar-refractivity contribution in [3.8, 4) is 0 Å². The van der Waals surface area contributed by atoms with Gasteiger partial charge in [0.05, 0.1) is 12.8 Å². The van der Waals surface area contributed by atoms with Gasteiger partial charge in [0.2, 0.25) is 0 Å². The number of carbonyl (C=O) groups is 1. The summed E-state index contributed by atoms with van der Waals surface area (Å²) in [5, 5.41) is 8.94. The maximum absolute atomic E-state index is 13.9. The number of alkyl halides is 3. The van der Waals surface area contributed by atoms with Crippen molar-refractivity contribution in [1.82, 2.24) is 20.4 Å². The number of nitrogens with one attached hydrogen (secondary N) is 2. The van der Waals surface area contributed by atoms with E-state index in [1.54, 1.807) is 0 Å². The lowest BCUT2D eigenvalue weighted by molar-refractivity contribution is -0.166. The van der Waals surface area contributed by atoms with E-state index in [1.807, 2.05) is 0 Å². The lowest BCUT2D eigenvalue weighted by atomic mass is 10.1. The number of rotatable bonds is 6. The summed E-state index contributed by atoms with van der Waals surface area (Å²) in [5.74, 6) is -2.35. The van der Waals surface area contributed by atoms with Crippen LogP contribution in [0.3, 0.4) is 0 Å². The Hall–Kier alpha value is -3.31. The van der Waals surface area contributed by atoms with Crippen molar-refractivity contribution in [2.24, 2.45) is 7.05 Å². The van der Waals surface area contributed by atoms with Crippen molar-refractivity contribution < 1.29 is 36.2 Å².